The minimum Gasteiger partial charge on any atom is -0.487 e. The Balaban J connectivity index is 1.91. The van der Waals surface area contributed by atoms with Gasteiger partial charge in [-0.3, -0.25) is 9.69 Å². The number of carbonyl (C=O) groups excluding carboxylic acids is 1. The summed E-state index contributed by atoms with van der Waals surface area (Å²) >= 11 is 8.46. The molecule has 7 heteroatoms. The number of thioether (sulfide) groups is 1. The second-order valence-electron chi connectivity index (χ2n) is 6.30. The average molecular weight is 536 g/mol. The Kier molecular flexibility index (Phi) is 7.38. The van der Waals surface area contributed by atoms with Crippen LogP contribution in [0.4, 0.5) is 5.69 Å². The number of likely N-dealkylation sites (N-methyl/N-ethyl adjacent to an activating group) is 1. The topological polar surface area (TPSA) is 41.9 Å². The molecule has 0 aromatic heterocycles. The van der Waals surface area contributed by atoms with Gasteiger partial charge >= 0.3 is 0 Å². The number of nitrogens with zero attached hydrogens (tertiary/aromatic N) is 2. The molecule has 0 spiro atoms. The maximum absolute atomic E-state index is 12.9. The number of benzene rings is 2. The number of amidine groups is 1. The molecule has 0 N–H and O–H groups in total. The fourth-order valence-corrected chi connectivity index (χ4v) is 5.21. The van der Waals surface area contributed by atoms with E-state index < -0.39 is 0 Å². The summed E-state index contributed by atoms with van der Waals surface area (Å²) in [6.07, 6.45) is 3.57. The monoisotopic (exact) mass is 534 g/mol. The number of ether oxygens (including phenoxy) is 1. The molecule has 1 amide bonds. The Morgan fingerprint density at radius 1 is 1.21 bits per heavy atom. The summed E-state index contributed by atoms with van der Waals surface area (Å²) in [6, 6.07) is 11.8. The van der Waals surface area contributed by atoms with E-state index in [1.165, 1.54) is 17.3 Å². The number of hydrogen-bond donors (Lipinski definition) is 0. The molecule has 0 atom stereocenters. The van der Waals surface area contributed by atoms with Crippen LogP contribution in [0.2, 0.25) is 0 Å². The number of aliphatic imine (C=N–C) groups is 1. The molecular formula is C22H20Br2N2O2S. The van der Waals surface area contributed by atoms with Crippen molar-refractivity contribution < 1.29 is 9.53 Å². The van der Waals surface area contributed by atoms with Crippen LogP contribution in [0.3, 0.4) is 0 Å². The smallest absolute Gasteiger partial charge is 0.266 e. The van der Waals surface area contributed by atoms with Gasteiger partial charge in [0.15, 0.2) is 5.17 Å². The highest BCUT2D eigenvalue weighted by atomic mass is 79.9. The van der Waals surface area contributed by atoms with Crippen molar-refractivity contribution in [3.05, 3.63) is 74.0 Å². The van der Waals surface area contributed by atoms with Gasteiger partial charge in [-0.2, -0.15) is 0 Å². The van der Waals surface area contributed by atoms with Crippen LogP contribution in [0.5, 0.6) is 5.75 Å². The molecule has 0 aliphatic carbocycles. The maximum atomic E-state index is 12.9. The molecule has 0 saturated carbocycles. The molecule has 29 heavy (non-hydrogen) atoms. The summed E-state index contributed by atoms with van der Waals surface area (Å²) < 4.78 is 7.26. The minimum atomic E-state index is -0.0393. The van der Waals surface area contributed by atoms with Crippen molar-refractivity contribution in [2.75, 3.05) is 13.2 Å². The third kappa shape index (κ3) is 5.21. The van der Waals surface area contributed by atoms with Gasteiger partial charge in [-0.1, -0.05) is 30.4 Å². The van der Waals surface area contributed by atoms with Crippen molar-refractivity contribution in [1.82, 2.24) is 4.90 Å². The number of rotatable bonds is 6. The van der Waals surface area contributed by atoms with Crippen LogP contribution in [-0.4, -0.2) is 29.1 Å². The first kappa shape index (κ1) is 21.9. The van der Waals surface area contributed by atoms with Gasteiger partial charge in [0.05, 0.1) is 19.5 Å². The van der Waals surface area contributed by atoms with Gasteiger partial charge in [-0.15, -0.1) is 0 Å². The van der Waals surface area contributed by atoms with E-state index in [4.69, 9.17) is 4.74 Å². The quantitative estimate of drug-likeness (QED) is 0.305. The fraction of sp³-hybridized carbons (Fsp3) is 0.182. The summed E-state index contributed by atoms with van der Waals surface area (Å²) in [5.41, 5.74) is 2.90. The molecule has 1 saturated heterocycles. The Bertz CT molecular complexity index is 977. The van der Waals surface area contributed by atoms with Gasteiger partial charge in [-0.25, -0.2) is 4.99 Å². The lowest BCUT2D eigenvalue weighted by molar-refractivity contribution is -0.122. The highest BCUT2D eigenvalue weighted by molar-refractivity contribution is 9.11. The molecule has 1 aliphatic rings. The van der Waals surface area contributed by atoms with E-state index in [0.717, 1.165) is 20.2 Å². The van der Waals surface area contributed by atoms with Crippen LogP contribution in [0.1, 0.15) is 18.1 Å². The molecule has 1 aliphatic heterocycles. The van der Waals surface area contributed by atoms with E-state index in [-0.39, 0.29) is 5.91 Å². The van der Waals surface area contributed by atoms with Crippen molar-refractivity contribution in [3.8, 4) is 5.75 Å². The van der Waals surface area contributed by atoms with Gasteiger partial charge in [0, 0.05) is 6.54 Å². The van der Waals surface area contributed by atoms with Gasteiger partial charge in [0.2, 0.25) is 0 Å². The van der Waals surface area contributed by atoms with Crippen molar-refractivity contribution in [2.24, 2.45) is 4.99 Å². The van der Waals surface area contributed by atoms with E-state index in [2.05, 4.69) is 43.4 Å². The number of aryl methyl sites for hydroxylation is 1. The van der Waals surface area contributed by atoms with E-state index in [0.29, 0.717) is 29.0 Å². The first-order valence-corrected chi connectivity index (χ1v) is 11.4. The summed E-state index contributed by atoms with van der Waals surface area (Å²) in [7, 11) is 0. The highest BCUT2D eigenvalue weighted by Crippen LogP contribution is 2.38. The van der Waals surface area contributed by atoms with E-state index in [9.17, 15) is 4.79 Å². The van der Waals surface area contributed by atoms with Crippen molar-refractivity contribution >= 4 is 66.5 Å². The first-order valence-electron chi connectivity index (χ1n) is 9.02. The van der Waals surface area contributed by atoms with Crippen molar-refractivity contribution in [3.63, 3.8) is 0 Å². The second kappa shape index (κ2) is 9.78. The average Bonchev–Trinajstić information content (AvgIpc) is 2.97. The first-order chi connectivity index (χ1) is 13.9. The number of hydrogen-bond acceptors (Lipinski definition) is 4. The Morgan fingerprint density at radius 3 is 2.45 bits per heavy atom. The zero-order chi connectivity index (χ0) is 21.0. The molecule has 150 valence electrons. The zero-order valence-electron chi connectivity index (χ0n) is 16.1. The minimum absolute atomic E-state index is 0.0393. The van der Waals surface area contributed by atoms with Gasteiger partial charge in [0.25, 0.3) is 5.91 Å². The zero-order valence-corrected chi connectivity index (χ0v) is 20.1. The maximum Gasteiger partial charge on any atom is 0.266 e. The number of halogens is 2. The van der Waals surface area contributed by atoms with Crippen LogP contribution in [-0.2, 0) is 4.79 Å². The molecule has 2 aromatic rings. The van der Waals surface area contributed by atoms with Crippen LogP contribution in [0.15, 0.2) is 67.9 Å². The van der Waals surface area contributed by atoms with Crippen molar-refractivity contribution in [2.45, 2.75) is 13.8 Å². The lowest BCUT2D eigenvalue weighted by Crippen LogP contribution is -2.28. The van der Waals surface area contributed by atoms with Gasteiger partial charge in [-0.05, 0) is 93.4 Å². The Labute approximate surface area is 192 Å². The summed E-state index contributed by atoms with van der Waals surface area (Å²) in [4.78, 5) is 19.9. The molecule has 1 fully saturated rings. The van der Waals surface area contributed by atoms with Crippen LogP contribution in [0, 0.1) is 6.92 Å². The predicted octanol–water partition coefficient (Wildman–Crippen LogP) is 6.71. The van der Waals surface area contributed by atoms with E-state index in [1.54, 1.807) is 11.0 Å². The Morgan fingerprint density at radius 2 is 1.86 bits per heavy atom. The van der Waals surface area contributed by atoms with Crippen LogP contribution in [0.25, 0.3) is 6.08 Å². The molecule has 0 radical (unpaired) electrons. The summed E-state index contributed by atoms with van der Waals surface area (Å²) in [5.74, 6) is 0.664. The van der Waals surface area contributed by atoms with Gasteiger partial charge in [0.1, 0.15) is 12.4 Å². The molecule has 2 aromatic carbocycles. The molecule has 1 heterocycles. The summed E-state index contributed by atoms with van der Waals surface area (Å²) in [5, 5.41) is 0.691. The summed E-state index contributed by atoms with van der Waals surface area (Å²) in [6.45, 7) is 8.63. The second-order valence-corrected chi connectivity index (χ2v) is 9.02. The molecule has 0 unspecified atom stereocenters. The normalized spacial score (nSPS) is 16.7. The molecule has 4 nitrogen and oxygen atoms in total. The standard InChI is InChI=1S/C22H20Br2N2O2S/c1-4-10-28-20-17(23)11-15(12-18(20)24)13-19-21(27)26(5-2)22(29-19)25-16-8-6-14(3)7-9-16/h4,6-9,11-13H,1,5,10H2,2-3H3/b19-13+,25-22?. The molecule has 0 bridgehead atoms. The number of amides is 1. The van der Waals surface area contributed by atoms with Crippen LogP contribution < -0.4 is 4.74 Å². The number of carbonyl (C=O) groups is 1. The van der Waals surface area contributed by atoms with Crippen molar-refractivity contribution in [1.29, 1.82) is 0 Å². The molecular weight excluding hydrogens is 516 g/mol. The lowest BCUT2D eigenvalue weighted by atomic mass is 10.2. The van der Waals surface area contributed by atoms with E-state index in [1.807, 2.05) is 56.3 Å². The Hall–Kier alpha value is -1.83. The van der Waals surface area contributed by atoms with Gasteiger partial charge < -0.3 is 4.74 Å². The lowest BCUT2D eigenvalue weighted by Gasteiger charge is -2.12. The highest BCUT2D eigenvalue weighted by Gasteiger charge is 2.32. The third-order valence-corrected chi connectivity index (χ3v) is 6.31. The fourth-order valence-electron chi connectivity index (χ4n) is 2.69. The van der Waals surface area contributed by atoms with Crippen LogP contribution >= 0.6 is 43.6 Å². The largest absolute Gasteiger partial charge is 0.487 e. The SMILES string of the molecule is C=CCOc1c(Br)cc(/C=C2/SC(=Nc3ccc(C)cc3)N(CC)C2=O)cc1Br. The third-order valence-electron chi connectivity index (χ3n) is 4.13. The molecule has 3 rings (SSSR count). The van der Waals surface area contributed by atoms with E-state index >= 15 is 0 Å². The predicted molar refractivity (Wildman–Crippen MR) is 129 cm³/mol.